The van der Waals surface area contributed by atoms with Crippen LogP contribution >= 0.6 is 23.1 Å². The van der Waals surface area contributed by atoms with Crippen LogP contribution in [-0.4, -0.2) is 23.8 Å². The Morgan fingerprint density at radius 2 is 2.03 bits per heavy atom. The molecule has 148 valence electrons. The Hall–Kier alpha value is -2.77. The van der Waals surface area contributed by atoms with Gasteiger partial charge in [-0.15, -0.1) is 11.8 Å². The van der Waals surface area contributed by atoms with E-state index >= 15 is 0 Å². The number of anilines is 1. The highest BCUT2D eigenvalue weighted by Gasteiger charge is 2.21. The lowest BCUT2D eigenvalue weighted by atomic mass is 10.2. The second kappa shape index (κ2) is 9.15. The van der Waals surface area contributed by atoms with Gasteiger partial charge in [0, 0.05) is 11.8 Å². The van der Waals surface area contributed by atoms with Gasteiger partial charge in [0.1, 0.15) is 11.5 Å². The Balaban J connectivity index is 1.53. The highest BCUT2D eigenvalue weighted by molar-refractivity contribution is 7.99. The molecule has 0 aliphatic carbocycles. The number of carbonyl (C=O) groups is 1. The van der Waals surface area contributed by atoms with Gasteiger partial charge in [-0.25, -0.2) is 4.98 Å². The number of hydrogen-bond acceptors (Lipinski definition) is 6. The number of thioether (sulfide) groups is 1. The van der Waals surface area contributed by atoms with Crippen molar-refractivity contribution in [2.75, 3.05) is 17.8 Å². The van der Waals surface area contributed by atoms with Crippen LogP contribution < -0.4 is 9.64 Å². The number of fused-ring (bicyclic) bond motifs is 1. The molecule has 2 heterocycles. The molecule has 2 aromatic heterocycles. The molecular weight excluding hydrogens is 404 g/mol. The first-order valence-electron chi connectivity index (χ1n) is 9.12. The van der Waals surface area contributed by atoms with Gasteiger partial charge in [0.05, 0.1) is 35.9 Å². The number of carbonyl (C=O) groups excluding carboxylic acids is 1. The molecule has 4 rings (SSSR count). The number of methoxy groups -OCH3 is 1. The normalized spacial score (nSPS) is 10.9. The summed E-state index contributed by atoms with van der Waals surface area (Å²) in [5.41, 5.74) is 2.02. The Kier molecular flexibility index (Phi) is 6.17. The molecule has 0 radical (unpaired) electrons. The minimum absolute atomic E-state index is 0.00773. The molecule has 5 nitrogen and oxygen atoms in total. The van der Waals surface area contributed by atoms with Gasteiger partial charge in [-0.05, 0) is 29.8 Å². The number of thiazole rings is 1. The van der Waals surface area contributed by atoms with Crippen molar-refractivity contribution in [2.24, 2.45) is 0 Å². The summed E-state index contributed by atoms with van der Waals surface area (Å²) < 4.78 is 11.8. The monoisotopic (exact) mass is 424 g/mol. The number of nitrogens with zero attached hydrogens (tertiary/aromatic N) is 2. The van der Waals surface area contributed by atoms with Gasteiger partial charge in [-0.1, -0.05) is 41.7 Å². The SMILES string of the molecule is COc1ccc2sc(N(Cc3ccco3)C(=O)CSCc3ccccc3)nc2c1. The van der Waals surface area contributed by atoms with Crippen LogP contribution in [0, 0.1) is 0 Å². The molecule has 29 heavy (non-hydrogen) atoms. The van der Waals surface area contributed by atoms with Crippen molar-refractivity contribution in [3.05, 3.63) is 78.3 Å². The van der Waals surface area contributed by atoms with Gasteiger partial charge < -0.3 is 9.15 Å². The molecule has 0 N–H and O–H groups in total. The van der Waals surface area contributed by atoms with Crippen molar-refractivity contribution in [1.82, 2.24) is 4.98 Å². The molecule has 0 aliphatic heterocycles. The predicted molar refractivity (Wildman–Crippen MR) is 119 cm³/mol. The molecule has 1 amide bonds. The summed E-state index contributed by atoms with van der Waals surface area (Å²) >= 11 is 3.09. The van der Waals surface area contributed by atoms with E-state index in [0.717, 1.165) is 27.5 Å². The van der Waals surface area contributed by atoms with E-state index in [4.69, 9.17) is 9.15 Å². The van der Waals surface area contributed by atoms with Crippen molar-refractivity contribution in [3.63, 3.8) is 0 Å². The topological polar surface area (TPSA) is 55.6 Å². The highest BCUT2D eigenvalue weighted by atomic mass is 32.2. The van der Waals surface area contributed by atoms with Crippen LogP contribution in [0.5, 0.6) is 5.75 Å². The number of ether oxygens (including phenoxy) is 1. The van der Waals surface area contributed by atoms with Crippen molar-refractivity contribution in [3.8, 4) is 5.75 Å². The molecule has 4 aromatic rings. The molecule has 0 bridgehead atoms. The van der Waals surface area contributed by atoms with Gasteiger partial charge in [0.25, 0.3) is 0 Å². The number of furan rings is 1. The zero-order chi connectivity index (χ0) is 20.1. The fourth-order valence-corrected chi connectivity index (χ4v) is 4.69. The second-order valence-electron chi connectivity index (χ2n) is 6.37. The molecule has 0 saturated heterocycles. The third-order valence-electron chi connectivity index (χ3n) is 4.35. The second-order valence-corrected chi connectivity index (χ2v) is 8.36. The van der Waals surface area contributed by atoms with Crippen molar-refractivity contribution < 1.29 is 13.9 Å². The first-order valence-corrected chi connectivity index (χ1v) is 11.1. The van der Waals surface area contributed by atoms with Crippen molar-refractivity contribution in [2.45, 2.75) is 12.3 Å². The molecule has 7 heteroatoms. The van der Waals surface area contributed by atoms with Crippen LogP contribution in [0.1, 0.15) is 11.3 Å². The number of amides is 1. The van der Waals surface area contributed by atoms with Crippen LogP contribution in [0.2, 0.25) is 0 Å². The lowest BCUT2D eigenvalue weighted by Crippen LogP contribution is -2.31. The average molecular weight is 425 g/mol. The summed E-state index contributed by atoms with van der Waals surface area (Å²) in [6.45, 7) is 0.356. The summed E-state index contributed by atoms with van der Waals surface area (Å²) in [7, 11) is 1.63. The van der Waals surface area contributed by atoms with Crippen LogP contribution in [0.3, 0.4) is 0 Å². The van der Waals surface area contributed by atoms with E-state index in [1.54, 1.807) is 30.0 Å². The fraction of sp³-hybridized carbons (Fsp3) is 0.182. The zero-order valence-electron chi connectivity index (χ0n) is 15.9. The molecule has 0 spiro atoms. The van der Waals surface area contributed by atoms with E-state index in [1.165, 1.54) is 16.9 Å². The largest absolute Gasteiger partial charge is 0.497 e. The van der Waals surface area contributed by atoms with Gasteiger partial charge in [-0.3, -0.25) is 9.69 Å². The van der Waals surface area contributed by atoms with Gasteiger partial charge in [0.15, 0.2) is 5.13 Å². The number of benzene rings is 2. The van der Waals surface area contributed by atoms with Crippen molar-refractivity contribution in [1.29, 1.82) is 0 Å². The van der Waals surface area contributed by atoms with Gasteiger partial charge in [0.2, 0.25) is 5.91 Å². The van der Waals surface area contributed by atoms with E-state index in [0.29, 0.717) is 17.4 Å². The molecule has 0 unspecified atom stereocenters. The number of aromatic nitrogens is 1. The maximum absolute atomic E-state index is 13.1. The summed E-state index contributed by atoms with van der Waals surface area (Å²) in [6, 6.07) is 19.6. The lowest BCUT2D eigenvalue weighted by Gasteiger charge is -2.18. The number of hydrogen-bond donors (Lipinski definition) is 0. The van der Waals surface area contributed by atoms with E-state index in [9.17, 15) is 4.79 Å². The highest BCUT2D eigenvalue weighted by Crippen LogP contribution is 2.32. The molecule has 2 aromatic carbocycles. The average Bonchev–Trinajstić information content (AvgIpc) is 3.41. The van der Waals surface area contributed by atoms with E-state index in [1.807, 2.05) is 48.5 Å². The van der Waals surface area contributed by atoms with E-state index < -0.39 is 0 Å². The summed E-state index contributed by atoms with van der Waals surface area (Å²) in [5.74, 6) is 2.64. The minimum atomic E-state index is 0.00773. The Labute approximate surface area is 177 Å². The Morgan fingerprint density at radius 1 is 1.17 bits per heavy atom. The minimum Gasteiger partial charge on any atom is -0.497 e. The summed E-state index contributed by atoms with van der Waals surface area (Å²) in [6.07, 6.45) is 1.62. The van der Waals surface area contributed by atoms with Crippen molar-refractivity contribution >= 4 is 44.4 Å². The molecule has 0 aliphatic rings. The zero-order valence-corrected chi connectivity index (χ0v) is 17.5. The van der Waals surface area contributed by atoms with E-state index in [-0.39, 0.29) is 5.91 Å². The third-order valence-corrected chi connectivity index (χ3v) is 6.39. The Bertz CT molecular complexity index is 1080. The standard InChI is InChI=1S/C22H20N2O3S2/c1-26-17-9-10-20-19(12-17)23-22(29-20)24(13-18-8-5-11-27-18)21(25)15-28-14-16-6-3-2-4-7-16/h2-12H,13-15H2,1H3. The fourth-order valence-electron chi connectivity index (χ4n) is 2.87. The molecule has 0 fully saturated rings. The summed E-state index contributed by atoms with van der Waals surface area (Å²) in [5, 5.41) is 0.662. The maximum atomic E-state index is 13.1. The summed E-state index contributed by atoms with van der Waals surface area (Å²) in [4.78, 5) is 19.5. The molecule has 0 atom stereocenters. The van der Waals surface area contributed by atoms with E-state index in [2.05, 4.69) is 17.1 Å². The molecule has 0 saturated carbocycles. The van der Waals surface area contributed by atoms with Crippen LogP contribution in [0.4, 0.5) is 5.13 Å². The third kappa shape index (κ3) is 4.81. The van der Waals surface area contributed by atoms with Gasteiger partial charge >= 0.3 is 0 Å². The molecular formula is C22H20N2O3S2. The van der Waals surface area contributed by atoms with Crippen LogP contribution in [0.25, 0.3) is 10.2 Å². The first-order chi connectivity index (χ1) is 14.2. The first kappa shape index (κ1) is 19.5. The van der Waals surface area contributed by atoms with Crippen LogP contribution in [0.15, 0.2) is 71.3 Å². The van der Waals surface area contributed by atoms with Crippen LogP contribution in [-0.2, 0) is 17.1 Å². The quantitative estimate of drug-likeness (QED) is 0.381. The lowest BCUT2D eigenvalue weighted by molar-refractivity contribution is -0.116. The van der Waals surface area contributed by atoms with Gasteiger partial charge in [-0.2, -0.15) is 0 Å². The number of rotatable bonds is 8. The predicted octanol–water partition coefficient (Wildman–Crippen LogP) is 5.36. The maximum Gasteiger partial charge on any atom is 0.239 e. The Morgan fingerprint density at radius 3 is 2.79 bits per heavy atom. The smallest absolute Gasteiger partial charge is 0.239 e.